The van der Waals surface area contributed by atoms with Gasteiger partial charge < -0.3 is 15.4 Å². The number of carbonyl (C=O) groups excluding carboxylic acids is 2. The quantitative estimate of drug-likeness (QED) is 0.437. The smallest absolute Gasteiger partial charge is 0.253 e. The number of hydrogen-bond acceptors (Lipinski definition) is 4. The Balaban J connectivity index is 1.27. The summed E-state index contributed by atoms with van der Waals surface area (Å²) >= 11 is 0. The van der Waals surface area contributed by atoms with E-state index in [1.807, 2.05) is 0 Å². The summed E-state index contributed by atoms with van der Waals surface area (Å²) < 4.78 is 34.7. The molecule has 206 valence electrons. The molecule has 1 aliphatic carbocycles. The van der Waals surface area contributed by atoms with Gasteiger partial charge >= 0.3 is 0 Å². The van der Waals surface area contributed by atoms with Crippen LogP contribution in [0.25, 0.3) is 11.3 Å². The molecule has 8 heteroatoms. The van der Waals surface area contributed by atoms with Crippen molar-refractivity contribution in [1.29, 1.82) is 0 Å². The van der Waals surface area contributed by atoms with Crippen molar-refractivity contribution >= 4 is 11.8 Å². The van der Waals surface area contributed by atoms with Crippen LogP contribution in [0.3, 0.4) is 0 Å². The third kappa shape index (κ3) is 7.51. The second-order valence-electron chi connectivity index (χ2n) is 11.5. The second kappa shape index (κ2) is 12.2. The summed E-state index contributed by atoms with van der Waals surface area (Å²) in [5.41, 5.74) is 5.32. The van der Waals surface area contributed by atoms with Crippen molar-refractivity contribution in [3.05, 3.63) is 47.9 Å². The zero-order valence-corrected chi connectivity index (χ0v) is 22.4. The number of carbonyl (C=O) groups is 2. The molecule has 2 heterocycles. The van der Waals surface area contributed by atoms with E-state index in [0.717, 1.165) is 32.1 Å². The number of amides is 2. The van der Waals surface area contributed by atoms with E-state index in [0.29, 0.717) is 67.8 Å². The van der Waals surface area contributed by atoms with Crippen LogP contribution >= 0.6 is 0 Å². The van der Waals surface area contributed by atoms with Gasteiger partial charge in [0.25, 0.3) is 5.91 Å². The Hall–Kier alpha value is -3.03. The average molecular weight is 528 g/mol. The van der Waals surface area contributed by atoms with E-state index in [4.69, 9.17) is 10.5 Å². The van der Waals surface area contributed by atoms with Crippen LogP contribution in [0.1, 0.15) is 75.6 Å². The van der Waals surface area contributed by atoms with Gasteiger partial charge in [0, 0.05) is 30.1 Å². The SMILES string of the molecule is CC(C)(F)CCC1CCC(COc2ccc(-c3ccc(C(=O)N4CCC(C(N)=O)CC4)cc3F)nc2)CC1. The number of likely N-dealkylation sites (tertiary alicyclic amines) is 1. The van der Waals surface area contributed by atoms with E-state index >= 15 is 0 Å². The highest BCUT2D eigenvalue weighted by Gasteiger charge is 2.27. The fourth-order valence-corrected chi connectivity index (χ4v) is 5.48. The molecule has 1 aliphatic heterocycles. The number of nitrogens with zero attached hydrogens (tertiary/aromatic N) is 2. The first-order chi connectivity index (χ1) is 18.1. The molecule has 0 spiro atoms. The Bertz CT molecular complexity index is 1100. The van der Waals surface area contributed by atoms with Crippen LogP contribution in [0.4, 0.5) is 8.78 Å². The van der Waals surface area contributed by atoms with Gasteiger partial charge in [0.15, 0.2) is 0 Å². The summed E-state index contributed by atoms with van der Waals surface area (Å²) in [7, 11) is 0. The first kappa shape index (κ1) is 28.0. The van der Waals surface area contributed by atoms with Crippen LogP contribution < -0.4 is 10.5 Å². The molecule has 2 N–H and O–H groups in total. The van der Waals surface area contributed by atoms with E-state index in [1.54, 1.807) is 49.2 Å². The van der Waals surface area contributed by atoms with E-state index in [-0.39, 0.29) is 23.3 Å². The molecule has 2 aromatic rings. The van der Waals surface area contributed by atoms with Crippen LogP contribution in [0.15, 0.2) is 36.5 Å². The van der Waals surface area contributed by atoms with Gasteiger partial charge in [-0.2, -0.15) is 0 Å². The van der Waals surface area contributed by atoms with Gasteiger partial charge in [-0.05, 0) is 94.5 Å². The minimum atomic E-state index is -1.09. The number of alkyl halides is 1. The second-order valence-corrected chi connectivity index (χ2v) is 11.5. The molecule has 0 unspecified atom stereocenters. The fraction of sp³-hybridized carbons (Fsp3) is 0.567. The monoisotopic (exact) mass is 527 g/mol. The van der Waals surface area contributed by atoms with Gasteiger partial charge in [0.1, 0.15) is 17.2 Å². The highest BCUT2D eigenvalue weighted by atomic mass is 19.1. The van der Waals surface area contributed by atoms with Crippen molar-refractivity contribution in [2.24, 2.45) is 23.5 Å². The predicted octanol–water partition coefficient (Wildman–Crippen LogP) is 5.94. The largest absolute Gasteiger partial charge is 0.492 e. The molecular weight excluding hydrogens is 488 g/mol. The number of pyridine rings is 1. The number of benzene rings is 1. The molecule has 1 saturated carbocycles. The Morgan fingerprint density at radius 3 is 2.32 bits per heavy atom. The highest BCUT2D eigenvalue weighted by Crippen LogP contribution is 2.34. The molecular formula is C30H39F2N3O3. The Morgan fingerprint density at radius 1 is 1.05 bits per heavy atom. The summed E-state index contributed by atoms with van der Waals surface area (Å²) in [6, 6.07) is 7.94. The zero-order valence-electron chi connectivity index (χ0n) is 22.4. The minimum absolute atomic E-state index is 0.211. The molecule has 0 radical (unpaired) electrons. The molecule has 4 rings (SSSR count). The lowest BCUT2D eigenvalue weighted by Crippen LogP contribution is -2.41. The molecule has 0 bridgehead atoms. The van der Waals surface area contributed by atoms with Gasteiger partial charge in [0.05, 0.1) is 18.5 Å². The Morgan fingerprint density at radius 2 is 1.74 bits per heavy atom. The molecule has 2 amide bonds. The van der Waals surface area contributed by atoms with Crippen molar-refractivity contribution in [1.82, 2.24) is 9.88 Å². The van der Waals surface area contributed by atoms with Gasteiger partial charge in [-0.25, -0.2) is 8.78 Å². The fourth-order valence-electron chi connectivity index (χ4n) is 5.48. The lowest BCUT2D eigenvalue weighted by molar-refractivity contribution is -0.123. The lowest BCUT2D eigenvalue weighted by atomic mass is 9.79. The number of aromatic nitrogens is 1. The minimum Gasteiger partial charge on any atom is -0.492 e. The third-order valence-corrected chi connectivity index (χ3v) is 8.01. The first-order valence-electron chi connectivity index (χ1n) is 13.8. The number of rotatable bonds is 9. The van der Waals surface area contributed by atoms with Crippen molar-refractivity contribution in [3.63, 3.8) is 0 Å². The number of piperidine rings is 1. The number of primary amides is 1. The Labute approximate surface area is 223 Å². The standard InChI is InChI=1S/C30H39F2N3O3/c1-30(2,32)14-11-20-3-5-21(6-4-20)19-38-24-8-10-27(34-18-24)25-9-7-23(17-26(25)31)29(37)35-15-12-22(13-16-35)28(33)36/h7-10,17-18,20-22H,3-6,11-16,19H2,1-2H3,(H2,33,36). The number of hydrogen-bond donors (Lipinski definition) is 1. The average Bonchev–Trinajstić information content (AvgIpc) is 2.91. The number of nitrogens with two attached hydrogens (primary N) is 1. The van der Waals surface area contributed by atoms with Crippen molar-refractivity contribution in [2.75, 3.05) is 19.7 Å². The van der Waals surface area contributed by atoms with E-state index in [2.05, 4.69) is 4.98 Å². The van der Waals surface area contributed by atoms with Gasteiger partial charge in [-0.15, -0.1) is 0 Å². The van der Waals surface area contributed by atoms with E-state index in [9.17, 15) is 18.4 Å². The zero-order chi connectivity index (χ0) is 27.3. The molecule has 2 aliphatic rings. The molecule has 1 aromatic heterocycles. The molecule has 6 nitrogen and oxygen atoms in total. The van der Waals surface area contributed by atoms with Crippen LogP contribution in [-0.2, 0) is 4.79 Å². The van der Waals surface area contributed by atoms with Gasteiger partial charge in [-0.1, -0.05) is 12.8 Å². The van der Waals surface area contributed by atoms with Gasteiger partial charge in [-0.3, -0.25) is 14.6 Å². The maximum absolute atomic E-state index is 15.0. The summed E-state index contributed by atoms with van der Waals surface area (Å²) in [5, 5.41) is 0. The maximum atomic E-state index is 15.0. The van der Waals surface area contributed by atoms with Crippen molar-refractivity contribution in [3.8, 4) is 17.0 Å². The van der Waals surface area contributed by atoms with Crippen LogP contribution in [0, 0.1) is 23.6 Å². The summed E-state index contributed by atoms with van der Waals surface area (Å²) in [5.74, 6) is 0.405. The molecule has 1 aromatic carbocycles. The molecule has 0 atom stereocenters. The van der Waals surface area contributed by atoms with Crippen LogP contribution in [0.2, 0.25) is 0 Å². The maximum Gasteiger partial charge on any atom is 0.253 e. The summed E-state index contributed by atoms with van der Waals surface area (Å²) in [6.07, 6.45) is 8.63. The van der Waals surface area contributed by atoms with Crippen LogP contribution in [-0.4, -0.2) is 47.1 Å². The first-order valence-corrected chi connectivity index (χ1v) is 13.8. The van der Waals surface area contributed by atoms with Crippen LogP contribution in [0.5, 0.6) is 5.75 Å². The number of halogens is 2. The lowest BCUT2D eigenvalue weighted by Gasteiger charge is -2.30. The molecule has 2 fully saturated rings. The number of ether oxygens (including phenoxy) is 1. The van der Waals surface area contributed by atoms with Crippen molar-refractivity contribution < 1.29 is 23.1 Å². The Kier molecular flexibility index (Phi) is 9.00. The highest BCUT2D eigenvalue weighted by molar-refractivity contribution is 5.95. The summed E-state index contributed by atoms with van der Waals surface area (Å²) in [4.78, 5) is 30.2. The normalized spacial score (nSPS) is 20.8. The van der Waals surface area contributed by atoms with Gasteiger partial charge in [0.2, 0.25) is 5.91 Å². The molecule has 38 heavy (non-hydrogen) atoms. The van der Waals surface area contributed by atoms with E-state index < -0.39 is 11.5 Å². The topological polar surface area (TPSA) is 85.5 Å². The van der Waals surface area contributed by atoms with E-state index in [1.165, 1.54) is 6.07 Å². The summed E-state index contributed by atoms with van der Waals surface area (Å²) in [6.45, 7) is 4.77. The predicted molar refractivity (Wildman–Crippen MR) is 143 cm³/mol. The molecule has 1 saturated heterocycles. The van der Waals surface area contributed by atoms with Crippen molar-refractivity contribution in [2.45, 2.75) is 70.9 Å². The third-order valence-electron chi connectivity index (χ3n) is 8.01.